The second-order valence-corrected chi connectivity index (χ2v) is 4.90. The zero-order valence-corrected chi connectivity index (χ0v) is 10.6. The lowest BCUT2D eigenvalue weighted by atomic mass is 10.2. The molecule has 18 heavy (non-hydrogen) atoms. The van der Waals surface area contributed by atoms with Crippen LogP contribution in [0.1, 0.15) is 19.3 Å². The number of nitrogens with zero attached hydrogens (tertiary/aromatic N) is 1. The van der Waals surface area contributed by atoms with Gasteiger partial charge < -0.3 is 10.1 Å². The number of benzene rings is 1. The molecule has 0 spiro atoms. The van der Waals surface area contributed by atoms with Crippen molar-refractivity contribution in [3.05, 3.63) is 36.5 Å². The molecule has 0 radical (unpaired) electrons. The molecule has 94 valence electrons. The summed E-state index contributed by atoms with van der Waals surface area (Å²) in [5.41, 5.74) is 1.02. The molecule has 0 amide bonds. The first kappa shape index (κ1) is 11.5. The zero-order valence-electron chi connectivity index (χ0n) is 10.6. The van der Waals surface area contributed by atoms with Crippen LogP contribution in [0, 0.1) is 0 Å². The fourth-order valence-corrected chi connectivity index (χ4v) is 2.63. The predicted octanol–water partition coefficient (Wildman–Crippen LogP) is 2.75. The van der Waals surface area contributed by atoms with Crippen molar-refractivity contribution in [2.45, 2.75) is 31.4 Å². The van der Waals surface area contributed by atoms with E-state index >= 15 is 0 Å². The third-order valence-electron chi connectivity index (χ3n) is 3.67. The highest BCUT2D eigenvalue weighted by Gasteiger charge is 2.24. The van der Waals surface area contributed by atoms with E-state index in [1.807, 2.05) is 31.4 Å². The van der Waals surface area contributed by atoms with Crippen LogP contribution >= 0.6 is 0 Å². The van der Waals surface area contributed by atoms with Gasteiger partial charge in [-0.3, -0.25) is 4.98 Å². The topological polar surface area (TPSA) is 34.1 Å². The maximum atomic E-state index is 6.05. The number of hydrogen-bond donors (Lipinski definition) is 1. The minimum absolute atomic E-state index is 0.344. The van der Waals surface area contributed by atoms with Crippen LogP contribution in [-0.2, 0) is 0 Å². The van der Waals surface area contributed by atoms with Crippen LogP contribution in [0.4, 0.5) is 0 Å². The van der Waals surface area contributed by atoms with Gasteiger partial charge in [-0.05, 0) is 50.6 Å². The third kappa shape index (κ3) is 2.31. The van der Waals surface area contributed by atoms with Crippen LogP contribution < -0.4 is 10.1 Å². The highest BCUT2D eigenvalue weighted by atomic mass is 16.5. The van der Waals surface area contributed by atoms with Crippen molar-refractivity contribution in [1.82, 2.24) is 10.3 Å². The van der Waals surface area contributed by atoms with Gasteiger partial charge in [0, 0.05) is 17.6 Å². The Labute approximate surface area is 107 Å². The molecule has 3 nitrogen and oxygen atoms in total. The molecule has 1 aliphatic carbocycles. The molecular formula is C15H18N2O. The van der Waals surface area contributed by atoms with Crippen LogP contribution in [0.5, 0.6) is 5.75 Å². The maximum absolute atomic E-state index is 6.05. The lowest BCUT2D eigenvalue weighted by molar-refractivity contribution is 0.207. The Bertz CT molecular complexity index is 541. The largest absolute Gasteiger partial charge is 0.490 e. The lowest BCUT2D eigenvalue weighted by Crippen LogP contribution is -2.23. The summed E-state index contributed by atoms with van der Waals surface area (Å²) in [5, 5.41) is 4.46. The van der Waals surface area contributed by atoms with Gasteiger partial charge in [-0.1, -0.05) is 6.07 Å². The van der Waals surface area contributed by atoms with E-state index in [0.29, 0.717) is 12.1 Å². The molecule has 1 aromatic carbocycles. The summed E-state index contributed by atoms with van der Waals surface area (Å²) in [6.07, 6.45) is 5.60. The van der Waals surface area contributed by atoms with Crippen molar-refractivity contribution in [2.24, 2.45) is 0 Å². The zero-order chi connectivity index (χ0) is 12.4. The first-order valence-corrected chi connectivity index (χ1v) is 6.54. The van der Waals surface area contributed by atoms with E-state index < -0.39 is 0 Å². The summed E-state index contributed by atoms with van der Waals surface area (Å²) in [7, 11) is 2.02. The second-order valence-electron chi connectivity index (χ2n) is 4.90. The highest BCUT2D eigenvalue weighted by Crippen LogP contribution is 2.26. The van der Waals surface area contributed by atoms with Crippen molar-refractivity contribution in [2.75, 3.05) is 7.05 Å². The molecule has 1 saturated carbocycles. The molecule has 0 aliphatic heterocycles. The minimum Gasteiger partial charge on any atom is -0.490 e. The number of ether oxygens (including phenoxy) is 1. The molecule has 0 saturated heterocycles. The Kier molecular flexibility index (Phi) is 3.15. The smallest absolute Gasteiger partial charge is 0.120 e. The highest BCUT2D eigenvalue weighted by molar-refractivity contribution is 5.79. The number of pyridine rings is 1. The Hall–Kier alpha value is -1.61. The average molecular weight is 242 g/mol. The molecule has 3 rings (SSSR count). The summed E-state index contributed by atoms with van der Waals surface area (Å²) in [6.45, 7) is 0. The molecular weight excluding hydrogens is 224 g/mol. The Morgan fingerprint density at radius 3 is 3.06 bits per heavy atom. The summed E-state index contributed by atoms with van der Waals surface area (Å²) < 4.78 is 6.05. The minimum atomic E-state index is 0.344. The number of rotatable bonds is 3. The van der Waals surface area contributed by atoms with Gasteiger partial charge in [0.15, 0.2) is 0 Å². The molecule has 2 atom stereocenters. The van der Waals surface area contributed by atoms with Crippen molar-refractivity contribution in [3.8, 4) is 5.75 Å². The molecule has 2 unspecified atom stereocenters. The summed E-state index contributed by atoms with van der Waals surface area (Å²) in [6, 6.07) is 10.8. The molecule has 2 aromatic rings. The van der Waals surface area contributed by atoms with Crippen molar-refractivity contribution in [3.63, 3.8) is 0 Å². The van der Waals surface area contributed by atoms with Gasteiger partial charge in [0.25, 0.3) is 0 Å². The summed E-state index contributed by atoms with van der Waals surface area (Å²) >= 11 is 0. The molecule has 1 aliphatic rings. The van der Waals surface area contributed by atoms with Crippen LogP contribution in [0.25, 0.3) is 10.9 Å². The van der Waals surface area contributed by atoms with E-state index in [4.69, 9.17) is 4.74 Å². The van der Waals surface area contributed by atoms with E-state index in [0.717, 1.165) is 29.5 Å². The van der Waals surface area contributed by atoms with Crippen molar-refractivity contribution in [1.29, 1.82) is 0 Å². The van der Waals surface area contributed by atoms with E-state index in [1.165, 1.54) is 6.42 Å². The standard InChI is InChI=1S/C15H18N2O/c1-16-12-4-5-14(10-12)18-13-6-7-15-11(9-13)3-2-8-17-15/h2-3,6-9,12,14,16H,4-5,10H2,1H3. The van der Waals surface area contributed by atoms with Gasteiger partial charge in [-0.15, -0.1) is 0 Å². The van der Waals surface area contributed by atoms with Crippen LogP contribution in [0.2, 0.25) is 0 Å². The Balaban J connectivity index is 1.75. The molecule has 1 aromatic heterocycles. The molecule has 0 bridgehead atoms. The van der Waals surface area contributed by atoms with Crippen LogP contribution in [0.15, 0.2) is 36.5 Å². The second kappa shape index (κ2) is 4.94. The fraction of sp³-hybridized carbons (Fsp3) is 0.400. The van der Waals surface area contributed by atoms with Crippen LogP contribution in [0.3, 0.4) is 0 Å². The normalized spacial score (nSPS) is 23.4. The average Bonchev–Trinajstić information content (AvgIpc) is 2.86. The summed E-state index contributed by atoms with van der Waals surface area (Å²) in [4.78, 5) is 4.31. The van der Waals surface area contributed by atoms with Gasteiger partial charge >= 0.3 is 0 Å². The lowest BCUT2D eigenvalue weighted by Gasteiger charge is -2.14. The number of nitrogens with one attached hydrogen (secondary N) is 1. The molecule has 1 heterocycles. The Morgan fingerprint density at radius 2 is 2.22 bits per heavy atom. The predicted molar refractivity (Wildman–Crippen MR) is 72.9 cm³/mol. The quantitative estimate of drug-likeness (QED) is 0.898. The fourth-order valence-electron chi connectivity index (χ4n) is 2.63. The van der Waals surface area contributed by atoms with Crippen molar-refractivity contribution < 1.29 is 4.74 Å². The monoisotopic (exact) mass is 242 g/mol. The maximum Gasteiger partial charge on any atom is 0.120 e. The van der Waals surface area contributed by atoms with E-state index in [2.05, 4.69) is 22.4 Å². The third-order valence-corrected chi connectivity index (χ3v) is 3.67. The van der Waals surface area contributed by atoms with Crippen molar-refractivity contribution >= 4 is 10.9 Å². The van der Waals surface area contributed by atoms with Crippen LogP contribution in [-0.4, -0.2) is 24.2 Å². The number of aromatic nitrogens is 1. The summed E-state index contributed by atoms with van der Waals surface area (Å²) in [5.74, 6) is 0.956. The first-order chi connectivity index (χ1) is 8.85. The molecule has 3 heteroatoms. The SMILES string of the molecule is CNC1CCC(Oc2ccc3ncccc3c2)C1. The van der Waals surface area contributed by atoms with E-state index in [9.17, 15) is 0 Å². The van der Waals surface area contributed by atoms with Gasteiger partial charge in [-0.2, -0.15) is 0 Å². The van der Waals surface area contributed by atoms with Gasteiger partial charge in [0.1, 0.15) is 11.9 Å². The van der Waals surface area contributed by atoms with Gasteiger partial charge in [0.05, 0.1) is 5.52 Å². The molecule has 1 fully saturated rings. The Morgan fingerprint density at radius 1 is 1.28 bits per heavy atom. The number of hydrogen-bond acceptors (Lipinski definition) is 3. The van der Waals surface area contributed by atoms with Gasteiger partial charge in [-0.25, -0.2) is 0 Å². The first-order valence-electron chi connectivity index (χ1n) is 6.54. The number of fused-ring (bicyclic) bond motifs is 1. The van der Waals surface area contributed by atoms with E-state index in [-0.39, 0.29) is 0 Å². The van der Waals surface area contributed by atoms with Gasteiger partial charge in [0.2, 0.25) is 0 Å². The molecule has 1 N–H and O–H groups in total. The van der Waals surface area contributed by atoms with E-state index in [1.54, 1.807) is 0 Å².